The van der Waals surface area contributed by atoms with Gasteiger partial charge in [-0.15, -0.1) is 11.3 Å². The van der Waals surface area contributed by atoms with Crippen LogP contribution in [0.25, 0.3) is 10.1 Å². The molecular weight excluding hydrogens is 399 g/mol. The van der Waals surface area contributed by atoms with Crippen molar-refractivity contribution in [3.8, 4) is 0 Å². The first-order valence-electron chi connectivity index (χ1n) is 9.14. The molecule has 0 spiro atoms. The molecule has 0 radical (unpaired) electrons. The van der Waals surface area contributed by atoms with Crippen LogP contribution in [0.2, 0.25) is 5.02 Å². The maximum Gasteiger partial charge on any atom is 0.263 e. The lowest BCUT2D eigenvalue weighted by molar-refractivity contribution is -0.0292. The fourth-order valence-electron chi connectivity index (χ4n) is 3.36. The van der Waals surface area contributed by atoms with Crippen molar-refractivity contribution in [1.29, 1.82) is 0 Å². The molecule has 1 amide bonds. The summed E-state index contributed by atoms with van der Waals surface area (Å²) in [5.74, 6) is -0.595. The molecule has 7 heteroatoms. The van der Waals surface area contributed by atoms with E-state index < -0.39 is 0 Å². The molecule has 3 aromatic rings. The third kappa shape index (κ3) is 4.36. The molecule has 1 fully saturated rings. The van der Waals surface area contributed by atoms with E-state index in [-0.39, 0.29) is 17.8 Å². The first-order valence-corrected chi connectivity index (χ1v) is 10.3. The van der Waals surface area contributed by atoms with Crippen LogP contribution in [0.5, 0.6) is 0 Å². The van der Waals surface area contributed by atoms with E-state index in [1.54, 1.807) is 6.07 Å². The Bertz CT molecular complexity index is 979. The van der Waals surface area contributed by atoms with Crippen LogP contribution in [0.4, 0.5) is 4.39 Å². The number of halogens is 2. The number of carbonyl (C=O) groups is 1. The number of nitrogens with one attached hydrogen (secondary N) is 1. The summed E-state index contributed by atoms with van der Waals surface area (Å²) < 4.78 is 19.9. The summed E-state index contributed by atoms with van der Waals surface area (Å²) in [6, 6.07) is 14.6. The van der Waals surface area contributed by atoms with Gasteiger partial charge in [0.2, 0.25) is 0 Å². The van der Waals surface area contributed by atoms with E-state index in [4.69, 9.17) is 16.3 Å². The molecule has 0 saturated carbocycles. The molecule has 1 aliphatic heterocycles. The monoisotopic (exact) mass is 418 g/mol. The van der Waals surface area contributed by atoms with Crippen LogP contribution >= 0.6 is 22.9 Å². The van der Waals surface area contributed by atoms with Crippen molar-refractivity contribution >= 4 is 38.9 Å². The lowest BCUT2D eigenvalue weighted by Gasteiger charge is -2.33. The van der Waals surface area contributed by atoms with Crippen LogP contribution < -0.4 is 5.32 Å². The van der Waals surface area contributed by atoms with Crippen molar-refractivity contribution in [3.05, 3.63) is 69.8 Å². The molecular formula is C21H20ClFN2O2S. The molecule has 4 rings (SSSR count). The number of hydrogen-bond acceptors (Lipinski definition) is 4. The fourth-order valence-corrected chi connectivity index (χ4v) is 4.82. The molecule has 0 bridgehead atoms. The van der Waals surface area contributed by atoms with Gasteiger partial charge in [0.1, 0.15) is 10.7 Å². The topological polar surface area (TPSA) is 41.6 Å². The summed E-state index contributed by atoms with van der Waals surface area (Å²) in [6.45, 7) is 3.52. The molecule has 1 N–H and O–H groups in total. The van der Waals surface area contributed by atoms with Gasteiger partial charge in [-0.3, -0.25) is 9.69 Å². The summed E-state index contributed by atoms with van der Waals surface area (Å²) >= 11 is 7.53. The predicted octanol–water partition coefficient (Wildman–Crippen LogP) is 4.32. The first-order chi connectivity index (χ1) is 13.6. The third-order valence-corrected chi connectivity index (χ3v) is 6.42. The zero-order valence-electron chi connectivity index (χ0n) is 15.2. The van der Waals surface area contributed by atoms with Gasteiger partial charge in [-0.1, -0.05) is 41.9 Å². The second kappa shape index (κ2) is 8.57. The molecule has 4 nitrogen and oxygen atoms in total. The van der Waals surface area contributed by atoms with Crippen molar-refractivity contribution in [2.45, 2.75) is 12.6 Å². The number of ether oxygens (including phenoxy) is 1. The van der Waals surface area contributed by atoms with Crippen LogP contribution in [0.3, 0.4) is 0 Å². The number of thiophene rings is 1. The maximum absolute atomic E-state index is 13.4. The Hall–Kier alpha value is -1.99. The summed E-state index contributed by atoms with van der Waals surface area (Å²) in [5.41, 5.74) is 1.26. The number of nitrogens with zero attached hydrogens (tertiary/aromatic N) is 1. The van der Waals surface area contributed by atoms with Crippen molar-refractivity contribution < 1.29 is 13.9 Å². The molecule has 2 heterocycles. The zero-order valence-corrected chi connectivity index (χ0v) is 16.7. The first kappa shape index (κ1) is 19.3. The Morgan fingerprint density at radius 3 is 2.93 bits per heavy atom. The fraction of sp³-hybridized carbons (Fsp3) is 0.286. The number of hydrogen-bond donors (Lipinski definition) is 1. The lowest BCUT2D eigenvalue weighted by Crippen LogP contribution is -2.47. The van der Waals surface area contributed by atoms with Gasteiger partial charge >= 0.3 is 0 Å². The average Bonchev–Trinajstić information content (AvgIpc) is 3.03. The highest BCUT2D eigenvalue weighted by molar-refractivity contribution is 7.21. The van der Waals surface area contributed by atoms with Crippen LogP contribution in [0, 0.1) is 5.82 Å². The predicted molar refractivity (Wildman–Crippen MR) is 111 cm³/mol. The van der Waals surface area contributed by atoms with Crippen LogP contribution in [0.15, 0.2) is 48.5 Å². The number of amides is 1. The Kier molecular flexibility index (Phi) is 5.92. The van der Waals surface area contributed by atoms with E-state index in [1.807, 2.05) is 18.2 Å². The average molecular weight is 419 g/mol. The molecule has 1 atom stereocenters. The molecule has 2 aromatic carbocycles. The van der Waals surface area contributed by atoms with Gasteiger partial charge in [-0.2, -0.15) is 0 Å². The van der Waals surface area contributed by atoms with Crippen LogP contribution in [0.1, 0.15) is 15.2 Å². The number of benzene rings is 2. The number of carbonyl (C=O) groups excluding carboxylic acids is 1. The van der Waals surface area contributed by atoms with Crippen LogP contribution in [-0.2, 0) is 11.3 Å². The van der Waals surface area contributed by atoms with E-state index in [1.165, 1.54) is 29.0 Å². The lowest BCUT2D eigenvalue weighted by atomic mass is 10.2. The molecule has 1 saturated heterocycles. The van der Waals surface area contributed by atoms with Gasteiger partial charge < -0.3 is 10.1 Å². The summed E-state index contributed by atoms with van der Waals surface area (Å²) in [4.78, 5) is 15.3. The Balaban J connectivity index is 1.36. The highest BCUT2D eigenvalue weighted by atomic mass is 35.5. The molecule has 1 aliphatic rings. The van der Waals surface area contributed by atoms with E-state index in [2.05, 4.69) is 22.3 Å². The summed E-state index contributed by atoms with van der Waals surface area (Å²) in [6.07, 6.45) is -0.0768. The normalized spacial score (nSPS) is 17.7. The summed E-state index contributed by atoms with van der Waals surface area (Å²) in [5, 5.41) is 3.97. The number of fused-ring (bicyclic) bond motifs is 1. The highest BCUT2D eigenvalue weighted by Crippen LogP contribution is 2.35. The minimum atomic E-state index is -0.341. The Morgan fingerprint density at radius 2 is 2.11 bits per heavy atom. The van der Waals surface area contributed by atoms with Crippen molar-refractivity contribution in [2.75, 3.05) is 26.2 Å². The largest absolute Gasteiger partial charge is 0.374 e. The number of morpholine rings is 1. The molecule has 28 heavy (non-hydrogen) atoms. The van der Waals surface area contributed by atoms with Gasteiger partial charge in [-0.05, 0) is 23.8 Å². The molecule has 1 aromatic heterocycles. The summed E-state index contributed by atoms with van der Waals surface area (Å²) in [7, 11) is 0. The Labute approximate surface area is 171 Å². The minimum absolute atomic E-state index is 0.0768. The SMILES string of the molecule is O=C(NCC1CN(Cc2ccccc2)CCO1)c1sc2cc(F)ccc2c1Cl. The smallest absolute Gasteiger partial charge is 0.263 e. The van der Waals surface area contributed by atoms with E-state index in [9.17, 15) is 9.18 Å². The third-order valence-electron chi connectivity index (χ3n) is 4.76. The molecule has 146 valence electrons. The van der Waals surface area contributed by atoms with Crippen molar-refractivity contribution in [2.24, 2.45) is 0 Å². The standard InChI is InChI=1S/C21H20ClFN2O2S/c22-19-17-7-6-15(23)10-18(17)28-20(19)21(26)24-11-16-13-25(8-9-27-16)12-14-4-2-1-3-5-14/h1-7,10,16H,8-9,11-13H2,(H,24,26). The zero-order chi connectivity index (χ0) is 19.5. The van der Waals surface area contributed by atoms with E-state index >= 15 is 0 Å². The van der Waals surface area contributed by atoms with Gasteiger partial charge in [0.15, 0.2) is 0 Å². The van der Waals surface area contributed by atoms with Crippen molar-refractivity contribution in [3.63, 3.8) is 0 Å². The Morgan fingerprint density at radius 1 is 1.29 bits per heavy atom. The number of rotatable bonds is 5. The van der Waals surface area contributed by atoms with Gasteiger partial charge in [-0.25, -0.2) is 4.39 Å². The molecule has 1 unspecified atom stereocenters. The van der Waals surface area contributed by atoms with Gasteiger partial charge in [0, 0.05) is 36.3 Å². The second-order valence-corrected chi connectivity index (χ2v) is 8.24. The second-order valence-electron chi connectivity index (χ2n) is 6.81. The van der Waals surface area contributed by atoms with Gasteiger partial charge in [0.05, 0.1) is 17.7 Å². The minimum Gasteiger partial charge on any atom is -0.374 e. The van der Waals surface area contributed by atoms with Crippen LogP contribution in [-0.4, -0.2) is 43.2 Å². The van der Waals surface area contributed by atoms with Gasteiger partial charge in [0.25, 0.3) is 5.91 Å². The van der Waals surface area contributed by atoms with E-state index in [0.29, 0.717) is 33.1 Å². The quantitative estimate of drug-likeness (QED) is 0.670. The molecule has 0 aliphatic carbocycles. The highest BCUT2D eigenvalue weighted by Gasteiger charge is 2.23. The van der Waals surface area contributed by atoms with Crippen molar-refractivity contribution in [1.82, 2.24) is 10.2 Å². The van der Waals surface area contributed by atoms with E-state index in [0.717, 1.165) is 19.6 Å². The maximum atomic E-state index is 13.4.